The SMILES string of the molecule is CCOC(=O)Cc1c(C(c2cccc3c2OCCO3)c2c(O)c3ccccc3n(C)c2=O)[nH]c2ccccc12. The van der Waals surface area contributed by atoms with E-state index in [9.17, 15) is 14.7 Å². The maximum absolute atomic E-state index is 14.0. The first-order valence-electron chi connectivity index (χ1n) is 12.9. The molecule has 5 aromatic rings. The van der Waals surface area contributed by atoms with Gasteiger partial charge in [-0.2, -0.15) is 0 Å². The van der Waals surface area contributed by atoms with Crippen LogP contribution in [0.15, 0.2) is 71.5 Å². The predicted octanol–water partition coefficient (Wildman–Crippen LogP) is 4.78. The minimum Gasteiger partial charge on any atom is -0.507 e. The third-order valence-electron chi connectivity index (χ3n) is 7.27. The van der Waals surface area contributed by atoms with E-state index in [-0.39, 0.29) is 35.9 Å². The van der Waals surface area contributed by atoms with Crippen LogP contribution in [-0.2, 0) is 23.0 Å². The molecular weight excluding hydrogens is 496 g/mol. The summed E-state index contributed by atoms with van der Waals surface area (Å²) < 4.78 is 18.8. The number of aryl methyl sites for hydroxylation is 1. The Morgan fingerprint density at radius 2 is 1.77 bits per heavy atom. The van der Waals surface area contributed by atoms with E-state index >= 15 is 0 Å². The maximum Gasteiger partial charge on any atom is 0.310 e. The molecule has 1 atom stereocenters. The zero-order valence-corrected chi connectivity index (χ0v) is 21.7. The first-order valence-corrected chi connectivity index (χ1v) is 12.9. The Labute approximate surface area is 224 Å². The van der Waals surface area contributed by atoms with Crippen LogP contribution >= 0.6 is 0 Å². The molecule has 0 amide bonds. The molecule has 0 saturated heterocycles. The van der Waals surface area contributed by atoms with Gasteiger partial charge in [0.2, 0.25) is 0 Å². The molecule has 0 fully saturated rings. The molecule has 0 aliphatic carbocycles. The highest BCUT2D eigenvalue weighted by molar-refractivity contribution is 5.91. The van der Waals surface area contributed by atoms with Crippen LogP contribution in [0.4, 0.5) is 0 Å². The van der Waals surface area contributed by atoms with E-state index in [1.54, 1.807) is 26.1 Å². The second kappa shape index (κ2) is 9.87. The van der Waals surface area contributed by atoms with E-state index in [4.69, 9.17) is 14.2 Å². The number of benzene rings is 3. The number of carbonyl (C=O) groups excluding carboxylic acids is 1. The fourth-order valence-electron chi connectivity index (χ4n) is 5.56. The zero-order chi connectivity index (χ0) is 27.1. The van der Waals surface area contributed by atoms with Crippen molar-refractivity contribution in [2.24, 2.45) is 7.05 Å². The number of carbonyl (C=O) groups is 1. The Balaban J connectivity index is 1.71. The van der Waals surface area contributed by atoms with Gasteiger partial charge in [0.15, 0.2) is 11.5 Å². The van der Waals surface area contributed by atoms with Crippen LogP contribution < -0.4 is 15.0 Å². The number of para-hydroxylation sites is 3. The summed E-state index contributed by atoms with van der Waals surface area (Å²) in [6, 6.07) is 20.4. The highest BCUT2D eigenvalue weighted by Crippen LogP contribution is 2.46. The van der Waals surface area contributed by atoms with Gasteiger partial charge in [-0.05, 0) is 36.8 Å². The number of H-pyrrole nitrogens is 1. The summed E-state index contributed by atoms with van der Waals surface area (Å²) in [6.45, 7) is 2.77. The highest BCUT2D eigenvalue weighted by atomic mass is 16.6. The second-order valence-electron chi connectivity index (χ2n) is 9.49. The molecule has 3 heterocycles. The third-order valence-corrected chi connectivity index (χ3v) is 7.27. The van der Waals surface area contributed by atoms with Gasteiger partial charge in [-0.25, -0.2) is 0 Å². The Hall–Kier alpha value is -4.72. The second-order valence-corrected chi connectivity index (χ2v) is 9.49. The number of aromatic amines is 1. The first-order chi connectivity index (χ1) is 19.0. The van der Waals surface area contributed by atoms with Crippen LogP contribution in [-0.4, -0.2) is 40.4 Å². The molecule has 0 radical (unpaired) electrons. The first kappa shape index (κ1) is 24.6. The summed E-state index contributed by atoms with van der Waals surface area (Å²) >= 11 is 0. The van der Waals surface area contributed by atoms with Gasteiger partial charge in [0.25, 0.3) is 5.56 Å². The fourth-order valence-corrected chi connectivity index (χ4v) is 5.56. The third kappa shape index (κ3) is 4.09. The number of hydrogen-bond donors (Lipinski definition) is 2. The van der Waals surface area contributed by atoms with Crippen molar-refractivity contribution in [3.05, 3.63) is 99.5 Å². The summed E-state index contributed by atoms with van der Waals surface area (Å²) in [5.41, 5.74) is 3.18. The number of ether oxygens (including phenoxy) is 3. The number of pyridine rings is 1. The number of fused-ring (bicyclic) bond motifs is 3. The Kier molecular flexibility index (Phi) is 6.23. The summed E-state index contributed by atoms with van der Waals surface area (Å²) in [5, 5.41) is 13.1. The van der Waals surface area contributed by atoms with Gasteiger partial charge in [0.1, 0.15) is 19.0 Å². The van der Waals surface area contributed by atoms with E-state index in [0.29, 0.717) is 52.4 Å². The molecule has 0 spiro atoms. The molecule has 1 aliphatic rings. The van der Waals surface area contributed by atoms with E-state index in [2.05, 4.69) is 4.98 Å². The molecule has 8 heteroatoms. The van der Waals surface area contributed by atoms with Gasteiger partial charge < -0.3 is 28.9 Å². The topological polar surface area (TPSA) is 103 Å². The molecule has 0 bridgehead atoms. The largest absolute Gasteiger partial charge is 0.507 e. The van der Waals surface area contributed by atoms with Crippen molar-refractivity contribution in [3.63, 3.8) is 0 Å². The van der Waals surface area contributed by atoms with Gasteiger partial charge in [-0.3, -0.25) is 9.59 Å². The van der Waals surface area contributed by atoms with E-state index in [0.717, 1.165) is 10.9 Å². The lowest BCUT2D eigenvalue weighted by Gasteiger charge is -2.26. The lowest BCUT2D eigenvalue weighted by atomic mass is 9.84. The van der Waals surface area contributed by atoms with Gasteiger partial charge in [0, 0.05) is 34.6 Å². The van der Waals surface area contributed by atoms with Gasteiger partial charge >= 0.3 is 5.97 Å². The molecule has 0 saturated carbocycles. The van der Waals surface area contributed by atoms with Crippen molar-refractivity contribution in [2.75, 3.05) is 19.8 Å². The molecule has 1 aliphatic heterocycles. The molecule has 2 aromatic heterocycles. The number of rotatable bonds is 6. The average Bonchev–Trinajstić information content (AvgIpc) is 3.31. The van der Waals surface area contributed by atoms with Gasteiger partial charge in [-0.15, -0.1) is 0 Å². The molecule has 198 valence electrons. The van der Waals surface area contributed by atoms with Gasteiger partial charge in [0.05, 0.1) is 30.0 Å². The smallest absolute Gasteiger partial charge is 0.310 e. The molecule has 39 heavy (non-hydrogen) atoms. The molecule has 2 N–H and O–H groups in total. The minimum absolute atomic E-state index is 0.00920. The number of aromatic nitrogens is 2. The van der Waals surface area contributed by atoms with Crippen molar-refractivity contribution < 1.29 is 24.1 Å². The van der Waals surface area contributed by atoms with Crippen LogP contribution in [0, 0.1) is 0 Å². The summed E-state index contributed by atoms with van der Waals surface area (Å²) in [7, 11) is 1.69. The molecule has 8 nitrogen and oxygen atoms in total. The molecule has 6 rings (SSSR count). The zero-order valence-electron chi connectivity index (χ0n) is 21.7. The van der Waals surface area contributed by atoms with Crippen molar-refractivity contribution in [1.82, 2.24) is 9.55 Å². The molecule has 1 unspecified atom stereocenters. The van der Waals surface area contributed by atoms with E-state index < -0.39 is 5.92 Å². The number of aromatic hydroxyl groups is 1. The summed E-state index contributed by atoms with van der Waals surface area (Å²) in [4.78, 5) is 30.3. The standard InChI is InChI=1S/C31H28N2O6/c1-3-37-25(34)17-21-18-9-4-6-12-22(18)32-28(21)26(20-11-8-14-24-30(20)39-16-15-38-24)27-29(35)19-10-5-7-13-23(19)33(2)31(27)36/h4-14,26,32,35H,3,15-17H2,1-2H3. The van der Waals surface area contributed by atoms with Crippen molar-refractivity contribution in [3.8, 4) is 17.2 Å². The van der Waals surface area contributed by atoms with Crippen LogP contribution in [0.3, 0.4) is 0 Å². The van der Waals surface area contributed by atoms with E-state index in [1.165, 1.54) is 4.57 Å². The average molecular weight is 525 g/mol. The number of esters is 1. The summed E-state index contributed by atoms with van der Waals surface area (Å²) in [5.74, 6) is -0.240. The minimum atomic E-state index is -0.804. The quantitative estimate of drug-likeness (QED) is 0.310. The highest BCUT2D eigenvalue weighted by Gasteiger charge is 2.34. The number of nitrogens with one attached hydrogen (secondary N) is 1. The van der Waals surface area contributed by atoms with Crippen LogP contribution in [0.25, 0.3) is 21.8 Å². The van der Waals surface area contributed by atoms with Crippen LogP contribution in [0.1, 0.15) is 35.2 Å². The Bertz CT molecular complexity index is 1780. The van der Waals surface area contributed by atoms with Crippen molar-refractivity contribution >= 4 is 27.8 Å². The number of hydrogen-bond acceptors (Lipinski definition) is 6. The molecular formula is C31H28N2O6. The Morgan fingerprint density at radius 3 is 2.59 bits per heavy atom. The fraction of sp³-hybridized carbons (Fsp3) is 0.226. The van der Waals surface area contributed by atoms with Gasteiger partial charge in [-0.1, -0.05) is 42.5 Å². The van der Waals surface area contributed by atoms with E-state index in [1.807, 2.05) is 54.6 Å². The molecule has 3 aromatic carbocycles. The lowest BCUT2D eigenvalue weighted by molar-refractivity contribution is -0.142. The maximum atomic E-state index is 14.0. The Morgan fingerprint density at radius 1 is 1.03 bits per heavy atom. The van der Waals surface area contributed by atoms with Crippen LogP contribution in [0.2, 0.25) is 0 Å². The summed E-state index contributed by atoms with van der Waals surface area (Å²) in [6.07, 6.45) is -0.00920. The predicted molar refractivity (Wildman–Crippen MR) is 148 cm³/mol. The monoisotopic (exact) mass is 524 g/mol. The normalized spacial score (nSPS) is 13.5. The van der Waals surface area contributed by atoms with Crippen molar-refractivity contribution in [2.45, 2.75) is 19.3 Å². The number of nitrogens with zero attached hydrogens (tertiary/aromatic N) is 1. The van der Waals surface area contributed by atoms with Crippen molar-refractivity contribution in [1.29, 1.82) is 0 Å². The van der Waals surface area contributed by atoms with Crippen LogP contribution in [0.5, 0.6) is 17.2 Å². The lowest BCUT2D eigenvalue weighted by Crippen LogP contribution is -2.26.